The van der Waals surface area contributed by atoms with Gasteiger partial charge in [0.25, 0.3) is 0 Å². The molecule has 0 saturated heterocycles. The summed E-state index contributed by atoms with van der Waals surface area (Å²) in [6.45, 7) is 4.52. The van der Waals surface area contributed by atoms with Crippen LogP contribution < -0.4 is 0 Å². The predicted molar refractivity (Wildman–Crippen MR) is 190 cm³/mol. The monoisotopic (exact) mass is 564 g/mol. The predicted octanol–water partition coefficient (Wildman–Crippen LogP) is 12.6. The minimum Gasteiger partial charge on any atom is -0.135 e. The zero-order chi connectivity index (χ0) is 28.7. The molecule has 0 atom stereocenters. The van der Waals surface area contributed by atoms with Crippen LogP contribution in [0.1, 0.15) is 11.1 Å². The van der Waals surface area contributed by atoms with E-state index >= 15 is 0 Å². The molecule has 1 aromatic heterocycles. The molecule has 0 nitrogen and oxygen atoms in total. The van der Waals surface area contributed by atoms with E-state index in [1.54, 1.807) is 0 Å². The van der Waals surface area contributed by atoms with Crippen molar-refractivity contribution >= 4 is 74.6 Å². The van der Waals surface area contributed by atoms with Gasteiger partial charge >= 0.3 is 0 Å². The topological polar surface area (TPSA) is 0 Å². The molecule has 0 N–H and O–H groups in total. The highest BCUT2D eigenvalue weighted by molar-refractivity contribution is 7.26. The van der Waals surface area contributed by atoms with Gasteiger partial charge < -0.3 is 0 Å². The minimum absolute atomic E-state index is 1.27. The first-order chi connectivity index (χ1) is 21.2. The second-order valence-electron chi connectivity index (χ2n) is 11.7. The van der Waals surface area contributed by atoms with Crippen molar-refractivity contribution in [2.75, 3.05) is 0 Å². The van der Waals surface area contributed by atoms with E-state index in [-0.39, 0.29) is 0 Å². The molecular weight excluding hydrogens is 537 g/mol. The number of hydrogen-bond donors (Lipinski definition) is 0. The van der Waals surface area contributed by atoms with Crippen molar-refractivity contribution in [3.63, 3.8) is 0 Å². The molecule has 0 spiro atoms. The van der Waals surface area contributed by atoms with E-state index in [1.807, 2.05) is 11.3 Å². The van der Waals surface area contributed by atoms with E-state index in [0.717, 1.165) is 0 Å². The first kappa shape index (κ1) is 24.6. The maximum atomic E-state index is 2.46. The Labute approximate surface area is 254 Å². The van der Waals surface area contributed by atoms with E-state index in [1.165, 1.54) is 96.6 Å². The second kappa shape index (κ2) is 9.26. The summed E-state index contributed by atoms with van der Waals surface area (Å²) in [5, 5.41) is 13.2. The largest absolute Gasteiger partial charge is 0.135 e. The molecule has 0 fully saturated rings. The number of thiophene rings is 1. The lowest BCUT2D eigenvalue weighted by molar-refractivity contribution is 1.58. The van der Waals surface area contributed by atoms with Crippen molar-refractivity contribution in [1.29, 1.82) is 0 Å². The lowest BCUT2D eigenvalue weighted by Crippen LogP contribution is -1.90. The third-order valence-electron chi connectivity index (χ3n) is 9.45. The fraction of sp³-hybridized carbons (Fsp3) is 0.0476. The Hall–Kier alpha value is -4.98. The van der Waals surface area contributed by atoms with Crippen molar-refractivity contribution in [1.82, 2.24) is 0 Å². The third-order valence-corrected chi connectivity index (χ3v) is 10.6. The van der Waals surface area contributed by atoms with Gasteiger partial charge in [-0.15, -0.1) is 11.3 Å². The summed E-state index contributed by atoms with van der Waals surface area (Å²) in [6.07, 6.45) is 0. The van der Waals surface area contributed by atoms with Crippen LogP contribution in [0, 0.1) is 13.8 Å². The van der Waals surface area contributed by atoms with Crippen LogP contribution >= 0.6 is 11.3 Å². The molecule has 202 valence electrons. The molecule has 9 rings (SSSR count). The minimum atomic E-state index is 1.27. The highest BCUT2D eigenvalue weighted by atomic mass is 32.1. The van der Waals surface area contributed by atoms with Gasteiger partial charge in [-0.25, -0.2) is 0 Å². The molecule has 0 unspecified atom stereocenters. The van der Waals surface area contributed by atoms with Crippen molar-refractivity contribution in [3.05, 3.63) is 145 Å². The van der Waals surface area contributed by atoms with Crippen LogP contribution in [0.15, 0.2) is 133 Å². The van der Waals surface area contributed by atoms with Gasteiger partial charge in [0.15, 0.2) is 0 Å². The molecule has 0 aliphatic carbocycles. The Kier molecular flexibility index (Phi) is 5.30. The van der Waals surface area contributed by atoms with E-state index < -0.39 is 0 Å². The summed E-state index contributed by atoms with van der Waals surface area (Å²) in [4.78, 5) is 0. The maximum Gasteiger partial charge on any atom is 0.0361 e. The summed E-state index contributed by atoms with van der Waals surface area (Å²) >= 11 is 1.90. The average molecular weight is 565 g/mol. The Balaban J connectivity index is 1.42. The molecule has 1 heteroatoms. The Bertz CT molecular complexity index is 2470. The van der Waals surface area contributed by atoms with Gasteiger partial charge in [0.2, 0.25) is 0 Å². The van der Waals surface area contributed by atoms with Crippen molar-refractivity contribution in [2.45, 2.75) is 13.8 Å². The standard InChI is InChI=1S/C42H28S/c1-25-28-12-3-7-16-32(28)40(33-17-8-4-13-29(25)33)27-22-23-38-37(24-27)42-36(20-11-21-39(42)43-38)41-34-18-9-5-14-30(34)26(2)31-15-6-10-19-35(31)41/h3-24H,1-2H3. The quantitative estimate of drug-likeness (QED) is 0.183. The van der Waals surface area contributed by atoms with E-state index in [9.17, 15) is 0 Å². The number of aryl methyl sites for hydroxylation is 2. The van der Waals surface area contributed by atoms with Crippen LogP contribution in [0.3, 0.4) is 0 Å². The Morgan fingerprint density at radius 3 is 1.35 bits per heavy atom. The zero-order valence-corrected chi connectivity index (χ0v) is 24.9. The van der Waals surface area contributed by atoms with Crippen molar-refractivity contribution < 1.29 is 0 Å². The van der Waals surface area contributed by atoms with Gasteiger partial charge in [-0.05, 0) is 109 Å². The Morgan fingerprint density at radius 2 is 0.837 bits per heavy atom. The molecule has 0 radical (unpaired) electrons. The normalized spacial score (nSPS) is 12.0. The first-order valence-corrected chi connectivity index (χ1v) is 15.8. The summed E-state index contributed by atoms with van der Waals surface area (Å²) < 4.78 is 2.66. The van der Waals surface area contributed by atoms with Gasteiger partial charge in [-0.3, -0.25) is 0 Å². The number of fused-ring (bicyclic) bond motifs is 7. The van der Waals surface area contributed by atoms with Crippen molar-refractivity contribution in [2.24, 2.45) is 0 Å². The van der Waals surface area contributed by atoms with Gasteiger partial charge in [0, 0.05) is 20.2 Å². The van der Waals surface area contributed by atoms with Gasteiger partial charge in [0.05, 0.1) is 0 Å². The lowest BCUT2D eigenvalue weighted by atomic mass is 9.86. The fourth-order valence-corrected chi connectivity index (χ4v) is 8.60. The zero-order valence-electron chi connectivity index (χ0n) is 24.1. The molecule has 1 heterocycles. The van der Waals surface area contributed by atoms with Gasteiger partial charge in [-0.2, -0.15) is 0 Å². The number of benzene rings is 8. The smallest absolute Gasteiger partial charge is 0.0361 e. The molecule has 43 heavy (non-hydrogen) atoms. The SMILES string of the molecule is Cc1c2ccccc2c(-c2ccc3sc4cccc(-c5c6ccccc6c(C)c6ccccc56)c4c3c2)c2ccccc12. The van der Waals surface area contributed by atoms with Crippen LogP contribution in [-0.4, -0.2) is 0 Å². The molecule has 0 bridgehead atoms. The molecule has 0 amide bonds. The maximum absolute atomic E-state index is 2.46. The number of hydrogen-bond acceptors (Lipinski definition) is 1. The van der Waals surface area contributed by atoms with Gasteiger partial charge in [0.1, 0.15) is 0 Å². The van der Waals surface area contributed by atoms with Crippen molar-refractivity contribution in [3.8, 4) is 22.3 Å². The van der Waals surface area contributed by atoms with Crippen LogP contribution in [-0.2, 0) is 0 Å². The van der Waals surface area contributed by atoms with Gasteiger partial charge in [-0.1, -0.05) is 115 Å². The first-order valence-electron chi connectivity index (χ1n) is 14.9. The molecule has 0 aliphatic rings. The average Bonchev–Trinajstić information content (AvgIpc) is 3.44. The highest BCUT2D eigenvalue weighted by Crippen LogP contribution is 2.47. The van der Waals surface area contributed by atoms with Crippen LogP contribution in [0.25, 0.3) is 85.5 Å². The highest BCUT2D eigenvalue weighted by Gasteiger charge is 2.19. The molecule has 0 aliphatic heterocycles. The summed E-state index contributed by atoms with van der Waals surface area (Å²) in [5.74, 6) is 0. The molecule has 0 saturated carbocycles. The number of rotatable bonds is 2. The third kappa shape index (κ3) is 3.49. The van der Waals surface area contributed by atoms with E-state index in [4.69, 9.17) is 0 Å². The van der Waals surface area contributed by atoms with E-state index in [2.05, 4.69) is 147 Å². The van der Waals surface area contributed by atoms with Crippen LogP contribution in [0.4, 0.5) is 0 Å². The lowest BCUT2D eigenvalue weighted by Gasteiger charge is -2.17. The van der Waals surface area contributed by atoms with E-state index in [0.29, 0.717) is 0 Å². The summed E-state index contributed by atoms with van der Waals surface area (Å²) in [5.41, 5.74) is 7.93. The van der Waals surface area contributed by atoms with Crippen LogP contribution in [0.5, 0.6) is 0 Å². The molecule has 8 aromatic carbocycles. The Morgan fingerprint density at radius 1 is 0.372 bits per heavy atom. The second-order valence-corrected chi connectivity index (χ2v) is 12.8. The molecular formula is C42H28S. The summed E-state index contributed by atoms with van der Waals surface area (Å²) in [6, 6.07) is 49.6. The fourth-order valence-electron chi connectivity index (χ4n) is 7.48. The summed E-state index contributed by atoms with van der Waals surface area (Å²) in [7, 11) is 0. The van der Waals surface area contributed by atoms with Crippen LogP contribution in [0.2, 0.25) is 0 Å². The molecule has 9 aromatic rings.